The summed E-state index contributed by atoms with van der Waals surface area (Å²) in [6.45, 7) is 10.5. The third kappa shape index (κ3) is 7.03. The van der Waals surface area contributed by atoms with Gasteiger partial charge in [-0.3, -0.25) is 0 Å². The normalized spacial score (nSPS) is 12.9. The van der Waals surface area contributed by atoms with Crippen molar-refractivity contribution in [1.82, 2.24) is 10.0 Å². The summed E-state index contributed by atoms with van der Waals surface area (Å²) in [4.78, 5) is 0. The molecule has 0 aliphatic rings. The summed E-state index contributed by atoms with van der Waals surface area (Å²) in [6.07, 6.45) is 0. The molecule has 0 bridgehead atoms. The summed E-state index contributed by atoms with van der Waals surface area (Å²) in [7, 11) is -3.30. The molecule has 2 N–H and O–H groups in total. The Hall–Kier alpha value is -0.910. The van der Waals surface area contributed by atoms with Gasteiger partial charge in [-0.2, -0.15) is 0 Å². The van der Waals surface area contributed by atoms with E-state index in [0.717, 1.165) is 17.7 Å². The van der Waals surface area contributed by atoms with Crippen LogP contribution >= 0.6 is 0 Å². The van der Waals surface area contributed by atoms with Crippen molar-refractivity contribution in [2.75, 3.05) is 0 Å². The molecule has 0 saturated heterocycles. The first-order valence-electron chi connectivity index (χ1n) is 6.90. The van der Waals surface area contributed by atoms with Gasteiger partial charge in [0.15, 0.2) is 0 Å². The highest BCUT2D eigenvalue weighted by atomic mass is 32.2. The fourth-order valence-electron chi connectivity index (χ4n) is 1.80. The molecule has 0 fully saturated rings. The second-order valence-corrected chi connectivity index (χ2v) is 8.19. The minimum Gasteiger partial charge on any atom is -0.310 e. The molecule has 0 aliphatic heterocycles. The van der Waals surface area contributed by atoms with Gasteiger partial charge < -0.3 is 5.32 Å². The van der Waals surface area contributed by atoms with E-state index in [2.05, 4.69) is 23.9 Å². The smallest absolute Gasteiger partial charge is 0.216 e. The van der Waals surface area contributed by atoms with E-state index in [4.69, 9.17) is 0 Å². The van der Waals surface area contributed by atoms with E-state index in [9.17, 15) is 8.42 Å². The van der Waals surface area contributed by atoms with Crippen molar-refractivity contribution in [3.8, 4) is 0 Å². The van der Waals surface area contributed by atoms with Gasteiger partial charge in [0.25, 0.3) is 0 Å². The van der Waals surface area contributed by atoms with E-state index in [1.54, 1.807) is 0 Å². The van der Waals surface area contributed by atoms with E-state index >= 15 is 0 Å². The van der Waals surface area contributed by atoms with Gasteiger partial charge in [0.2, 0.25) is 10.0 Å². The Morgan fingerprint density at radius 1 is 1.05 bits per heavy atom. The van der Waals surface area contributed by atoms with Crippen LogP contribution in [0.15, 0.2) is 24.3 Å². The molecule has 1 rings (SSSR count). The van der Waals surface area contributed by atoms with Crippen molar-refractivity contribution < 1.29 is 8.42 Å². The highest BCUT2D eigenvalue weighted by Gasteiger charge is 2.20. The van der Waals surface area contributed by atoms with E-state index in [1.807, 2.05) is 45.0 Å². The molecule has 114 valence electrons. The minimum absolute atomic E-state index is 0.0160. The van der Waals surface area contributed by atoms with Crippen LogP contribution < -0.4 is 10.0 Å². The molecular weight excluding hydrogens is 272 g/mol. The van der Waals surface area contributed by atoms with Gasteiger partial charge in [0.05, 0.1) is 5.75 Å². The summed E-state index contributed by atoms with van der Waals surface area (Å²) >= 11 is 0. The lowest BCUT2D eigenvalue weighted by atomic mass is 10.1. The molecule has 1 aromatic carbocycles. The first-order valence-corrected chi connectivity index (χ1v) is 8.55. The Labute approximate surface area is 123 Å². The lowest BCUT2D eigenvalue weighted by Crippen LogP contribution is -2.41. The highest BCUT2D eigenvalue weighted by molar-refractivity contribution is 7.88. The zero-order valence-corrected chi connectivity index (χ0v) is 13.8. The molecule has 0 unspecified atom stereocenters. The van der Waals surface area contributed by atoms with Crippen molar-refractivity contribution in [1.29, 1.82) is 0 Å². The molecule has 0 heterocycles. The van der Waals surface area contributed by atoms with Crippen molar-refractivity contribution in [3.05, 3.63) is 35.4 Å². The van der Waals surface area contributed by atoms with Crippen LogP contribution in [0.4, 0.5) is 0 Å². The second kappa shape index (κ2) is 6.70. The summed E-state index contributed by atoms with van der Waals surface area (Å²) in [5.74, 6) is 0.0160. The summed E-state index contributed by atoms with van der Waals surface area (Å²) in [5.41, 5.74) is 1.51. The lowest BCUT2D eigenvalue weighted by Gasteiger charge is -2.20. The Kier molecular flexibility index (Phi) is 5.74. The lowest BCUT2D eigenvalue weighted by molar-refractivity contribution is 0.491. The largest absolute Gasteiger partial charge is 0.310 e. The van der Waals surface area contributed by atoms with Gasteiger partial charge in [0, 0.05) is 18.1 Å². The number of hydrogen-bond donors (Lipinski definition) is 2. The van der Waals surface area contributed by atoms with Crippen LogP contribution in [0.5, 0.6) is 0 Å². The maximum atomic E-state index is 12.0. The maximum Gasteiger partial charge on any atom is 0.216 e. The summed E-state index contributed by atoms with van der Waals surface area (Å²) in [6, 6.07) is 8.12. The Balaban J connectivity index is 2.66. The Morgan fingerprint density at radius 3 is 2.00 bits per heavy atom. The number of sulfonamides is 1. The fourth-order valence-corrected chi connectivity index (χ4v) is 3.43. The predicted molar refractivity (Wildman–Crippen MR) is 83.9 cm³/mol. The van der Waals surface area contributed by atoms with Gasteiger partial charge in [-0.1, -0.05) is 38.1 Å². The molecule has 0 spiro atoms. The SMILES string of the molecule is CC(C)NCc1ccc(CS(=O)(=O)NC(C)(C)C)cc1. The van der Waals surface area contributed by atoms with Crippen LogP contribution in [0.2, 0.25) is 0 Å². The summed E-state index contributed by atoms with van der Waals surface area (Å²) < 4.78 is 26.6. The minimum atomic E-state index is -3.30. The first kappa shape index (κ1) is 17.1. The third-order valence-corrected chi connectivity index (χ3v) is 4.19. The van der Waals surface area contributed by atoms with Crippen LogP contribution in [0.3, 0.4) is 0 Å². The molecule has 0 aromatic heterocycles. The summed E-state index contributed by atoms with van der Waals surface area (Å²) in [5, 5.41) is 3.33. The number of rotatable bonds is 6. The zero-order valence-electron chi connectivity index (χ0n) is 13.0. The van der Waals surface area contributed by atoms with Crippen LogP contribution in [0.25, 0.3) is 0 Å². The monoisotopic (exact) mass is 298 g/mol. The molecule has 1 aromatic rings. The van der Waals surface area contributed by atoms with Crippen LogP contribution in [0, 0.1) is 0 Å². The van der Waals surface area contributed by atoms with Crippen molar-refractivity contribution >= 4 is 10.0 Å². The maximum absolute atomic E-state index is 12.0. The number of benzene rings is 1. The number of nitrogens with one attached hydrogen (secondary N) is 2. The third-order valence-electron chi connectivity index (χ3n) is 2.56. The Bertz CT molecular complexity index is 514. The molecule has 0 aliphatic carbocycles. The highest BCUT2D eigenvalue weighted by Crippen LogP contribution is 2.10. The van der Waals surface area contributed by atoms with E-state index in [0.29, 0.717) is 6.04 Å². The van der Waals surface area contributed by atoms with Gasteiger partial charge in [-0.15, -0.1) is 0 Å². The first-order chi connectivity index (χ1) is 9.07. The average Bonchev–Trinajstić information content (AvgIpc) is 2.24. The zero-order chi connectivity index (χ0) is 15.4. The molecular formula is C15H26N2O2S. The van der Waals surface area contributed by atoms with Gasteiger partial charge in [-0.25, -0.2) is 13.1 Å². The molecule has 0 amide bonds. The standard InChI is InChI=1S/C15H26N2O2S/c1-12(2)16-10-13-6-8-14(9-7-13)11-20(18,19)17-15(3,4)5/h6-9,12,16-17H,10-11H2,1-5H3. The van der Waals surface area contributed by atoms with Crippen LogP contribution in [-0.4, -0.2) is 20.0 Å². The quantitative estimate of drug-likeness (QED) is 0.848. The van der Waals surface area contributed by atoms with Crippen LogP contribution in [-0.2, 0) is 22.3 Å². The van der Waals surface area contributed by atoms with Gasteiger partial charge in [0.1, 0.15) is 0 Å². The molecule has 0 atom stereocenters. The topological polar surface area (TPSA) is 58.2 Å². The van der Waals surface area contributed by atoms with E-state index < -0.39 is 15.6 Å². The molecule has 0 saturated carbocycles. The van der Waals surface area contributed by atoms with Gasteiger partial charge >= 0.3 is 0 Å². The predicted octanol–water partition coefficient (Wildman–Crippen LogP) is 2.40. The van der Waals surface area contributed by atoms with E-state index in [1.165, 1.54) is 0 Å². The second-order valence-electron chi connectivity index (χ2n) is 6.46. The van der Waals surface area contributed by atoms with Crippen molar-refractivity contribution in [2.24, 2.45) is 0 Å². The molecule has 4 nitrogen and oxygen atoms in total. The van der Waals surface area contributed by atoms with E-state index in [-0.39, 0.29) is 5.75 Å². The number of hydrogen-bond acceptors (Lipinski definition) is 3. The molecule has 5 heteroatoms. The van der Waals surface area contributed by atoms with Crippen LogP contribution in [0.1, 0.15) is 45.7 Å². The van der Waals surface area contributed by atoms with Gasteiger partial charge in [-0.05, 0) is 31.9 Å². The fraction of sp³-hybridized carbons (Fsp3) is 0.600. The van der Waals surface area contributed by atoms with Crippen molar-refractivity contribution in [3.63, 3.8) is 0 Å². The van der Waals surface area contributed by atoms with Crippen molar-refractivity contribution in [2.45, 2.75) is 58.5 Å². The molecule has 20 heavy (non-hydrogen) atoms. The molecule has 0 radical (unpaired) electrons. The Morgan fingerprint density at radius 2 is 1.55 bits per heavy atom. The average molecular weight is 298 g/mol.